The van der Waals surface area contributed by atoms with Crippen LogP contribution in [-0.2, 0) is 4.74 Å². The van der Waals surface area contributed by atoms with E-state index in [9.17, 15) is 9.90 Å². The number of rotatable bonds is 4. The minimum Gasteiger partial charge on any atom is -0.499 e. The number of aromatic carboxylic acids is 1. The second-order valence-electron chi connectivity index (χ2n) is 4.76. The Bertz CT molecular complexity index is 770. The minimum absolute atomic E-state index is 0.0615. The first kappa shape index (κ1) is 16.5. The molecule has 4 heteroatoms. The summed E-state index contributed by atoms with van der Waals surface area (Å²) in [6.07, 6.45) is 1.30. The van der Waals surface area contributed by atoms with Crippen molar-refractivity contribution < 1.29 is 19.7 Å². The van der Waals surface area contributed by atoms with Gasteiger partial charge >= 0.3 is 5.97 Å². The van der Waals surface area contributed by atoms with E-state index in [0.29, 0.717) is 12.2 Å². The van der Waals surface area contributed by atoms with Crippen LogP contribution in [0.1, 0.15) is 10.4 Å². The minimum atomic E-state index is -0.877. The number of carboxylic acids is 1. The predicted molar refractivity (Wildman–Crippen MR) is 91.6 cm³/mol. The van der Waals surface area contributed by atoms with Gasteiger partial charge in [-0.15, -0.1) is 0 Å². The lowest BCUT2D eigenvalue weighted by Gasteiger charge is -2.07. The van der Waals surface area contributed by atoms with Gasteiger partial charge in [-0.1, -0.05) is 55.1 Å². The normalized spacial score (nSPS) is 9.96. The van der Waals surface area contributed by atoms with Crippen LogP contribution in [0.3, 0.4) is 0 Å². The molecule has 2 N–H and O–H groups in total. The summed E-state index contributed by atoms with van der Waals surface area (Å²) in [5.74, 6) is -0.877. The molecule has 118 valence electrons. The summed E-state index contributed by atoms with van der Waals surface area (Å²) in [5.41, 5.74) is 0.388. The van der Waals surface area contributed by atoms with Crippen molar-refractivity contribution in [3.63, 3.8) is 0 Å². The number of fused-ring (bicyclic) bond motifs is 2. The molecular weight excluding hydrogens is 292 g/mol. The van der Waals surface area contributed by atoms with E-state index in [4.69, 9.17) is 5.11 Å². The van der Waals surface area contributed by atoms with Gasteiger partial charge < -0.3 is 14.9 Å². The molecular formula is C19H18O4. The molecule has 0 aliphatic heterocycles. The Labute approximate surface area is 134 Å². The summed E-state index contributed by atoms with van der Waals surface area (Å²) < 4.78 is 4.50. The number of hydrogen-bond acceptors (Lipinski definition) is 3. The third-order valence-electron chi connectivity index (χ3n) is 3.31. The molecule has 0 saturated heterocycles. The van der Waals surface area contributed by atoms with Crippen molar-refractivity contribution in [3.8, 4) is 0 Å². The lowest BCUT2D eigenvalue weighted by Crippen LogP contribution is -1.99. The van der Waals surface area contributed by atoms with Crippen LogP contribution in [0, 0.1) is 0 Å². The number of aliphatic hydroxyl groups excluding tert-OH is 1. The molecule has 0 saturated carbocycles. The summed E-state index contributed by atoms with van der Waals surface area (Å²) in [7, 11) is 0. The Kier molecular flexibility index (Phi) is 5.72. The Morgan fingerprint density at radius 1 is 1.04 bits per heavy atom. The van der Waals surface area contributed by atoms with Crippen molar-refractivity contribution in [2.45, 2.75) is 0 Å². The van der Waals surface area contributed by atoms with E-state index in [1.54, 1.807) is 0 Å². The lowest BCUT2D eigenvalue weighted by molar-refractivity contribution is 0.0701. The first-order chi connectivity index (χ1) is 11.2. The van der Waals surface area contributed by atoms with E-state index in [1.807, 2.05) is 54.6 Å². The maximum Gasteiger partial charge on any atom is 0.336 e. The molecule has 3 aromatic carbocycles. The van der Waals surface area contributed by atoms with Gasteiger partial charge in [-0.25, -0.2) is 4.79 Å². The molecule has 4 nitrogen and oxygen atoms in total. The largest absolute Gasteiger partial charge is 0.499 e. The van der Waals surface area contributed by atoms with Gasteiger partial charge in [0, 0.05) is 0 Å². The van der Waals surface area contributed by atoms with Gasteiger partial charge in [0.25, 0.3) is 0 Å². The van der Waals surface area contributed by atoms with Crippen molar-refractivity contribution in [2.24, 2.45) is 0 Å². The summed E-state index contributed by atoms with van der Waals surface area (Å²) in [4.78, 5) is 11.4. The van der Waals surface area contributed by atoms with Crippen LogP contribution in [0.4, 0.5) is 0 Å². The highest BCUT2D eigenvalue weighted by Gasteiger charge is 2.12. The summed E-state index contributed by atoms with van der Waals surface area (Å²) >= 11 is 0. The zero-order chi connectivity index (χ0) is 16.7. The fourth-order valence-corrected chi connectivity index (χ4v) is 2.38. The lowest BCUT2D eigenvalue weighted by atomic mass is 9.97. The van der Waals surface area contributed by atoms with Gasteiger partial charge in [0.05, 0.1) is 18.4 Å². The quantitative estimate of drug-likeness (QED) is 0.436. The Morgan fingerprint density at radius 2 is 1.57 bits per heavy atom. The van der Waals surface area contributed by atoms with Gasteiger partial charge in [0.2, 0.25) is 0 Å². The molecule has 0 fully saturated rings. The number of benzene rings is 3. The molecule has 0 aliphatic carbocycles. The van der Waals surface area contributed by atoms with Crippen molar-refractivity contribution in [1.82, 2.24) is 0 Å². The highest BCUT2D eigenvalue weighted by Crippen LogP contribution is 2.28. The molecule has 0 unspecified atom stereocenters. The summed E-state index contributed by atoms with van der Waals surface area (Å²) in [6, 6.07) is 17.2. The molecule has 3 aromatic rings. The SMILES string of the molecule is C=COCCO.O=C(O)c1c2ccccc2cc2ccccc12. The molecule has 0 spiro atoms. The van der Waals surface area contributed by atoms with Crippen LogP contribution >= 0.6 is 0 Å². The Balaban J connectivity index is 0.000000277. The van der Waals surface area contributed by atoms with Crippen LogP contribution in [-0.4, -0.2) is 29.4 Å². The molecule has 0 aliphatic rings. The van der Waals surface area contributed by atoms with Crippen LogP contribution < -0.4 is 0 Å². The number of carboxylic acid groups (broad SMARTS) is 1. The molecule has 23 heavy (non-hydrogen) atoms. The van der Waals surface area contributed by atoms with E-state index in [0.717, 1.165) is 21.5 Å². The van der Waals surface area contributed by atoms with Crippen molar-refractivity contribution >= 4 is 27.5 Å². The van der Waals surface area contributed by atoms with Gasteiger partial charge in [0.1, 0.15) is 6.61 Å². The van der Waals surface area contributed by atoms with Crippen molar-refractivity contribution in [2.75, 3.05) is 13.2 Å². The fraction of sp³-hybridized carbons (Fsp3) is 0.105. The third-order valence-corrected chi connectivity index (χ3v) is 3.31. The highest BCUT2D eigenvalue weighted by atomic mass is 16.5. The average molecular weight is 310 g/mol. The van der Waals surface area contributed by atoms with E-state index >= 15 is 0 Å². The fourth-order valence-electron chi connectivity index (χ4n) is 2.38. The van der Waals surface area contributed by atoms with Crippen LogP contribution in [0.5, 0.6) is 0 Å². The molecule has 0 amide bonds. The maximum absolute atomic E-state index is 11.4. The van der Waals surface area contributed by atoms with Crippen molar-refractivity contribution in [3.05, 3.63) is 73.0 Å². The van der Waals surface area contributed by atoms with E-state index in [2.05, 4.69) is 11.3 Å². The molecule has 0 heterocycles. The van der Waals surface area contributed by atoms with Gasteiger partial charge in [-0.3, -0.25) is 0 Å². The molecule has 3 rings (SSSR count). The van der Waals surface area contributed by atoms with Crippen molar-refractivity contribution in [1.29, 1.82) is 0 Å². The number of aliphatic hydroxyl groups is 1. The standard InChI is InChI=1S/C15H10O2.C4H8O2/c16-15(17)14-12-7-3-1-5-10(12)9-11-6-2-4-8-13(11)14;1-2-6-4-3-5/h1-9H,(H,16,17);2,5H,1,3-4H2. The first-order valence-corrected chi connectivity index (χ1v) is 7.16. The molecule has 0 bridgehead atoms. The van der Waals surface area contributed by atoms with Crippen LogP contribution in [0.25, 0.3) is 21.5 Å². The van der Waals surface area contributed by atoms with Gasteiger partial charge in [-0.2, -0.15) is 0 Å². The topological polar surface area (TPSA) is 66.8 Å². The van der Waals surface area contributed by atoms with Gasteiger partial charge in [0.15, 0.2) is 0 Å². The summed E-state index contributed by atoms with van der Waals surface area (Å²) in [5, 5.41) is 20.9. The Morgan fingerprint density at radius 3 is 1.96 bits per heavy atom. The van der Waals surface area contributed by atoms with Crippen LogP contribution in [0.2, 0.25) is 0 Å². The van der Waals surface area contributed by atoms with E-state index in [-0.39, 0.29) is 6.61 Å². The highest BCUT2D eigenvalue weighted by molar-refractivity contribution is 6.15. The second kappa shape index (κ2) is 7.96. The monoisotopic (exact) mass is 310 g/mol. The smallest absolute Gasteiger partial charge is 0.336 e. The van der Waals surface area contributed by atoms with E-state index in [1.165, 1.54) is 6.26 Å². The summed E-state index contributed by atoms with van der Waals surface area (Å²) in [6.45, 7) is 3.68. The maximum atomic E-state index is 11.4. The van der Waals surface area contributed by atoms with Crippen LogP contribution in [0.15, 0.2) is 67.4 Å². The number of carbonyl (C=O) groups is 1. The average Bonchev–Trinajstić information content (AvgIpc) is 2.58. The van der Waals surface area contributed by atoms with Gasteiger partial charge in [-0.05, 0) is 27.6 Å². The predicted octanol–water partition coefficient (Wildman–Crippen LogP) is 3.83. The Hall–Kier alpha value is -2.85. The molecule has 0 radical (unpaired) electrons. The zero-order valence-electron chi connectivity index (χ0n) is 12.6. The molecule has 0 atom stereocenters. The number of ether oxygens (including phenoxy) is 1. The second-order valence-corrected chi connectivity index (χ2v) is 4.76. The zero-order valence-corrected chi connectivity index (χ0v) is 12.6. The molecule has 0 aromatic heterocycles. The van der Waals surface area contributed by atoms with E-state index < -0.39 is 5.97 Å². The third kappa shape index (κ3) is 3.87. The first-order valence-electron chi connectivity index (χ1n) is 7.16. The number of hydrogen-bond donors (Lipinski definition) is 2.